The number of unbranched alkanes of at least 4 members (excludes halogenated alkanes) is 6. The molecule has 0 spiro atoms. The third-order valence-corrected chi connectivity index (χ3v) is 8.79. The molecule has 18 heteroatoms. The van der Waals surface area contributed by atoms with E-state index >= 15 is 0 Å². The number of benzene rings is 2. The van der Waals surface area contributed by atoms with Gasteiger partial charge in [-0.3, -0.25) is 20.2 Å². The van der Waals surface area contributed by atoms with E-state index in [1.807, 2.05) is 12.1 Å². The smallest absolute Gasteiger partial charge is 0.299 e. The Labute approximate surface area is 361 Å². The van der Waals surface area contributed by atoms with E-state index in [2.05, 4.69) is 24.4 Å². The Morgan fingerprint density at radius 3 is 1.26 bits per heavy atom. The van der Waals surface area contributed by atoms with Crippen LogP contribution in [-0.2, 0) is 53.8 Å². The minimum Gasteiger partial charge on any atom is -0.491 e. The van der Waals surface area contributed by atoms with Gasteiger partial charge in [-0.1, -0.05) is 57.6 Å². The third-order valence-electron chi connectivity index (χ3n) is 8.79. The molecule has 0 bridgehead atoms. The van der Waals surface area contributed by atoms with Gasteiger partial charge in [0.2, 0.25) is 0 Å². The lowest BCUT2D eigenvalue weighted by atomic mass is 10.0. The average Bonchev–Trinajstić information content (AvgIpc) is 3.26. The zero-order valence-corrected chi connectivity index (χ0v) is 36.3. The van der Waals surface area contributed by atoms with Crippen LogP contribution in [0.1, 0.15) is 57.4 Å². The molecule has 0 saturated carbocycles. The summed E-state index contributed by atoms with van der Waals surface area (Å²) in [4.78, 5) is 20.7. The highest BCUT2D eigenvalue weighted by Gasteiger charge is 2.19. The fourth-order valence-corrected chi connectivity index (χ4v) is 5.53. The van der Waals surface area contributed by atoms with Crippen molar-refractivity contribution in [2.45, 2.75) is 58.3 Å². The number of nitrogens with zero attached hydrogens (tertiary/aromatic N) is 2. The number of aryl methyl sites for hydroxylation is 1. The fourth-order valence-electron chi connectivity index (χ4n) is 5.53. The summed E-state index contributed by atoms with van der Waals surface area (Å²) in [5, 5.41) is 24.9. The van der Waals surface area contributed by atoms with Gasteiger partial charge >= 0.3 is 0 Å². The van der Waals surface area contributed by atoms with Crippen molar-refractivity contribution < 1.29 is 62.0 Å². The summed E-state index contributed by atoms with van der Waals surface area (Å²) in [5.41, 5.74) is 0.844. The Balaban J connectivity index is 1.20. The van der Waals surface area contributed by atoms with E-state index < -0.39 is 9.85 Å². The highest BCUT2D eigenvalue weighted by Crippen LogP contribution is 2.28. The van der Waals surface area contributed by atoms with Gasteiger partial charge in [-0.25, -0.2) is 0 Å². The standard InChI is InChI=1S/C43H71N3O15/c1-2-3-4-5-6-7-8-9-39-10-13-41(14-11-39)61-37-36-60-35-34-59-33-32-58-31-30-57-29-28-56-27-26-55-25-24-54-23-22-53-21-20-52-19-18-51-17-16-44-42-15-12-40(45(47)48)38-43(42)46(49)50/h10-15,38,44H,2-9,16-37H2,1H3. The van der Waals surface area contributed by atoms with Crippen molar-refractivity contribution in [2.24, 2.45) is 0 Å². The minimum atomic E-state index is -0.679. The molecule has 0 aromatic heterocycles. The summed E-state index contributed by atoms with van der Waals surface area (Å²) >= 11 is 0. The summed E-state index contributed by atoms with van der Waals surface area (Å²) in [6.07, 6.45) is 10.4. The van der Waals surface area contributed by atoms with E-state index in [4.69, 9.17) is 52.1 Å². The fraction of sp³-hybridized carbons (Fsp3) is 0.721. The first-order valence-electron chi connectivity index (χ1n) is 21.7. The zero-order valence-electron chi connectivity index (χ0n) is 36.3. The van der Waals surface area contributed by atoms with Crippen LogP contribution in [0.4, 0.5) is 17.1 Å². The summed E-state index contributed by atoms with van der Waals surface area (Å²) in [6, 6.07) is 11.8. The number of hydrogen-bond donors (Lipinski definition) is 1. The van der Waals surface area contributed by atoms with E-state index in [0.717, 1.165) is 18.2 Å². The second-order valence-corrected chi connectivity index (χ2v) is 13.6. The van der Waals surface area contributed by atoms with Crippen molar-refractivity contribution in [3.05, 3.63) is 68.3 Å². The predicted molar refractivity (Wildman–Crippen MR) is 230 cm³/mol. The summed E-state index contributed by atoms with van der Waals surface area (Å²) in [7, 11) is 0. The Hall–Kier alpha value is -3.56. The highest BCUT2D eigenvalue weighted by molar-refractivity contribution is 5.65. The molecule has 1 N–H and O–H groups in total. The largest absolute Gasteiger partial charge is 0.491 e. The number of hydrogen-bond acceptors (Lipinski definition) is 16. The lowest BCUT2D eigenvalue weighted by Gasteiger charge is -2.09. The Morgan fingerprint density at radius 1 is 0.459 bits per heavy atom. The molecule has 2 aromatic carbocycles. The van der Waals surface area contributed by atoms with Crippen molar-refractivity contribution >= 4 is 17.1 Å². The van der Waals surface area contributed by atoms with E-state index in [9.17, 15) is 20.2 Å². The molecule has 0 saturated heterocycles. The van der Waals surface area contributed by atoms with E-state index in [0.29, 0.717) is 132 Å². The van der Waals surface area contributed by atoms with Crippen LogP contribution in [0.25, 0.3) is 0 Å². The number of rotatable bonds is 45. The summed E-state index contributed by atoms with van der Waals surface area (Å²) in [5.74, 6) is 0.874. The lowest BCUT2D eigenvalue weighted by molar-refractivity contribution is -0.393. The Kier molecular flexibility index (Phi) is 34.5. The molecule has 2 aromatic rings. The maximum Gasteiger partial charge on any atom is 0.299 e. The minimum absolute atomic E-state index is 0.186. The third kappa shape index (κ3) is 31.0. The van der Waals surface area contributed by atoms with Crippen LogP contribution >= 0.6 is 0 Å². The molecule has 0 heterocycles. The number of anilines is 1. The molecule has 348 valence electrons. The number of nitro benzene ring substituents is 2. The SMILES string of the molecule is CCCCCCCCCc1ccc(OCCOCCOCCOCCOCCOCCOCCOCCOCCOCCOCCNc2ccc([N+](=O)[O-])cc2[N+](=O)[O-])cc1. The predicted octanol–water partition coefficient (Wildman–Crippen LogP) is 6.45. The van der Waals surface area contributed by atoms with Gasteiger partial charge in [0.1, 0.15) is 18.0 Å². The number of ether oxygens (including phenoxy) is 11. The molecule has 2 rings (SSSR count). The molecule has 0 radical (unpaired) electrons. The van der Waals surface area contributed by atoms with Gasteiger partial charge in [0.05, 0.1) is 148 Å². The molecule has 0 aliphatic carbocycles. The zero-order chi connectivity index (χ0) is 43.7. The molecule has 0 aliphatic heterocycles. The normalized spacial score (nSPS) is 11.3. The molecule has 0 aliphatic rings. The van der Waals surface area contributed by atoms with Crippen LogP contribution in [-0.4, -0.2) is 155 Å². The molecule has 61 heavy (non-hydrogen) atoms. The van der Waals surface area contributed by atoms with E-state index in [1.54, 1.807) is 0 Å². The van der Waals surface area contributed by atoms with Crippen LogP contribution in [0.3, 0.4) is 0 Å². The van der Waals surface area contributed by atoms with E-state index in [1.165, 1.54) is 62.6 Å². The van der Waals surface area contributed by atoms with Crippen LogP contribution in [0.2, 0.25) is 0 Å². The van der Waals surface area contributed by atoms with Gasteiger partial charge in [-0.2, -0.15) is 0 Å². The summed E-state index contributed by atoms with van der Waals surface area (Å²) in [6.45, 7) is 12.0. The number of non-ortho nitro benzene ring substituents is 1. The second-order valence-electron chi connectivity index (χ2n) is 13.6. The molecule has 0 unspecified atom stereocenters. The molecule has 0 amide bonds. The van der Waals surface area contributed by atoms with Gasteiger partial charge in [-0.05, 0) is 36.6 Å². The van der Waals surface area contributed by atoms with Crippen LogP contribution in [0.15, 0.2) is 42.5 Å². The van der Waals surface area contributed by atoms with E-state index in [-0.39, 0.29) is 30.2 Å². The highest BCUT2D eigenvalue weighted by atomic mass is 16.6. The van der Waals surface area contributed by atoms with Crippen molar-refractivity contribution in [3.63, 3.8) is 0 Å². The number of nitro groups is 2. The van der Waals surface area contributed by atoms with Crippen molar-refractivity contribution in [3.8, 4) is 5.75 Å². The van der Waals surface area contributed by atoms with Crippen molar-refractivity contribution in [1.29, 1.82) is 0 Å². The van der Waals surface area contributed by atoms with Crippen LogP contribution < -0.4 is 10.1 Å². The van der Waals surface area contributed by atoms with Gasteiger partial charge in [0.15, 0.2) is 0 Å². The maximum atomic E-state index is 11.2. The average molecular weight is 870 g/mol. The molecular weight excluding hydrogens is 798 g/mol. The maximum absolute atomic E-state index is 11.2. The molecule has 0 atom stereocenters. The molecular formula is C43H71N3O15. The Bertz CT molecular complexity index is 1340. The van der Waals surface area contributed by atoms with Gasteiger partial charge in [0, 0.05) is 12.6 Å². The van der Waals surface area contributed by atoms with Crippen LogP contribution in [0, 0.1) is 20.2 Å². The lowest BCUT2D eigenvalue weighted by Crippen LogP contribution is -2.16. The quantitative estimate of drug-likeness (QED) is 0.0432. The van der Waals surface area contributed by atoms with Crippen molar-refractivity contribution in [2.75, 3.05) is 151 Å². The molecule has 18 nitrogen and oxygen atoms in total. The van der Waals surface area contributed by atoms with Gasteiger partial charge in [0.25, 0.3) is 11.4 Å². The van der Waals surface area contributed by atoms with Gasteiger partial charge < -0.3 is 57.4 Å². The first-order chi connectivity index (χ1) is 30.0. The first-order valence-corrected chi connectivity index (χ1v) is 21.7. The van der Waals surface area contributed by atoms with Gasteiger partial charge in [-0.15, -0.1) is 0 Å². The first kappa shape index (κ1) is 53.6. The summed E-state index contributed by atoms with van der Waals surface area (Å²) < 4.78 is 60.8. The number of nitrogens with one attached hydrogen (secondary N) is 1. The Morgan fingerprint density at radius 2 is 0.852 bits per heavy atom. The second kappa shape index (κ2) is 39.3. The topological polar surface area (TPSA) is 200 Å². The van der Waals surface area contributed by atoms with Crippen LogP contribution in [0.5, 0.6) is 5.75 Å². The monoisotopic (exact) mass is 869 g/mol. The van der Waals surface area contributed by atoms with Crippen molar-refractivity contribution in [1.82, 2.24) is 0 Å². The molecule has 0 fully saturated rings.